The van der Waals surface area contributed by atoms with Crippen LogP contribution in [0.4, 0.5) is 5.82 Å². The minimum absolute atomic E-state index is 0.140. The number of nitriles is 1. The first-order chi connectivity index (χ1) is 12.6. The molecule has 1 aliphatic heterocycles. The molecule has 3 heterocycles. The summed E-state index contributed by atoms with van der Waals surface area (Å²) in [6, 6.07) is 6.43. The Labute approximate surface area is 151 Å². The van der Waals surface area contributed by atoms with Crippen molar-refractivity contribution in [3.8, 4) is 6.07 Å². The second kappa shape index (κ2) is 6.75. The van der Waals surface area contributed by atoms with E-state index >= 15 is 0 Å². The van der Waals surface area contributed by atoms with Crippen molar-refractivity contribution in [1.82, 2.24) is 25.3 Å². The van der Waals surface area contributed by atoms with Gasteiger partial charge < -0.3 is 10.2 Å². The lowest BCUT2D eigenvalue weighted by atomic mass is 10.0. The van der Waals surface area contributed by atoms with Gasteiger partial charge in [0, 0.05) is 24.8 Å². The Balaban J connectivity index is 1.41. The van der Waals surface area contributed by atoms with Gasteiger partial charge in [0.2, 0.25) is 0 Å². The first-order valence-electron chi connectivity index (χ1n) is 8.99. The van der Waals surface area contributed by atoms with E-state index in [-0.39, 0.29) is 11.9 Å². The van der Waals surface area contributed by atoms with Gasteiger partial charge in [-0.25, -0.2) is 9.67 Å². The Morgan fingerprint density at radius 2 is 2.04 bits per heavy atom. The molecule has 2 aromatic rings. The molecule has 1 saturated heterocycles. The lowest BCUT2D eigenvalue weighted by molar-refractivity contribution is 0.0946. The third kappa shape index (κ3) is 3.38. The van der Waals surface area contributed by atoms with Gasteiger partial charge in [-0.2, -0.15) is 5.26 Å². The van der Waals surface area contributed by atoms with Gasteiger partial charge in [0.05, 0.1) is 17.8 Å². The molecule has 1 amide bonds. The molecule has 2 fully saturated rings. The van der Waals surface area contributed by atoms with Crippen LogP contribution in [0.15, 0.2) is 18.3 Å². The normalized spacial score (nSPS) is 17.8. The van der Waals surface area contributed by atoms with E-state index in [1.54, 1.807) is 10.9 Å². The number of aryl methyl sites for hydroxylation is 1. The fourth-order valence-corrected chi connectivity index (χ4v) is 3.26. The molecule has 1 N–H and O–H groups in total. The summed E-state index contributed by atoms with van der Waals surface area (Å²) in [7, 11) is 0. The van der Waals surface area contributed by atoms with Gasteiger partial charge in [0.25, 0.3) is 5.91 Å². The van der Waals surface area contributed by atoms with E-state index in [0.29, 0.717) is 17.3 Å². The summed E-state index contributed by atoms with van der Waals surface area (Å²) >= 11 is 0. The fraction of sp³-hybridized carbons (Fsp3) is 0.500. The van der Waals surface area contributed by atoms with Crippen LogP contribution in [-0.4, -0.2) is 45.0 Å². The van der Waals surface area contributed by atoms with Crippen molar-refractivity contribution in [2.45, 2.75) is 44.7 Å². The number of amides is 1. The van der Waals surface area contributed by atoms with Gasteiger partial charge in [-0.1, -0.05) is 5.21 Å². The maximum Gasteiger partial charge on any atom is 0.273 e. The summed E-state index contributed by atoms with van der Waals surface area (Å²) in [5.41, 5.74) is 1.89. The number of hydrogen-bond acceptors (Lipinski definition) is 6. The van der Waals surface area contributed by atoms with Crippen molar-refractivity contribution in [2.75, 3.05) is 18.0 Å². The summed E-state index contributed by atoms with van der Waals surface area (Å²) < 4.78 is 1.80. The van der Waals surface area contributed by atoms with E-state index in [2.05, 4.69) is 31.6 Å². The molecule has 0 radical (unpaired) electrons. The predicted molar refractivity (Wildman–Crippen MR) is 94.7 cm³/mol. The summed E-state index contributed by atoms with van der Waals surface area (Å²) in [5.74, 6) is 0.618. The van der Waals surface area contributed by atoms with E-state index in [9.17, 15) is 10.1 Å². The average molecular weight is 351 g/mol. The third-order valence-electron chi connectivity index (χ3n) is 4.93. The molecule has 0 spiro atoms. The van der Waals surface area contributed by atoms with Gasteiger partial charge >= 0.3 is 0 Å². The van der Waals surface area contributed by atoms with E-state index in [4.69, 9.17) is 0 Å². The van der Waals surface area contributed by atoms with Crippen LogP contribution >= 0.6 is 0 Å². The van der Waals surface area contributed by atoms with Gasteiger partial charge in [-0.05, 0) is 44.7 Å². The number of carbonyl (C=O) groups is 1. The summed E-state index contributed by atoms with van der Waals surface area (Å²) in [6.07, 6.45) is 5.58. The highest BCUT2D eigenvalue weighted by molar-refractivity contribution is 5.92. The van der Waals surface area contributed by atoms with Crippen molar-refractivity contribution in [2.24, 2.45) is 0 Å². The number of pyridine rings is 1. The molecule has 26 heavy (non-hydrogen) atoms. The maximum atomic E-state index is 12.1. The first-order valence-corrected chi connectivity index (χ1v) is 8.99. The fourth-order valence-electron chi connectivity index (χ4n) is 3.26. The Morgan fingerprint density at radius 3 is 2.73 bits per heavy atom. The molecule has 1 aliphatic carbocycles. The van der Waals surface area contributed by atoms with Crippen LogP contribution in [0.1, 0.15) is 53.5 Å². The predicted octanol–water partition coefficient (Wildman–Crippen LogP) is 1.59. The van der Waals surface area contributed by atoms with Crippen LogP contribution in [0.5, 0.6) is 0 Å². The summed E-state index contributed by atoms with van der Waals surface area (Å²) in [6.45, 7) is 3.51. The molecule has 2 aliphatic rings. The molecule has 0 unspecified atom stereocenters. The van der Waals surface area contributed by atoms with Crippen molar-refractivity contribution in [3.63, 3.8) is 0 Å². The molecule has 0 aromatic carbocycles. The smallest absolute Gasteiger partial charge is 0.273 e. The van der Waals surface area contributed by atoms with Crippen LogP contribution in [0, 0.1) is 18.3 Å². The molecule has 2 aromatic heterocycles. The van der Waals surface area contributed by atoms with Crippen LogP contribution in [-0.2, 0) is 0 Å². The van der Waals surface area contributed by atoms with Crippen molar-refractivity contribution < 1.29 is 4.79 Å². The SMILES string of the molecule is Cc1ccc(C#N)c(N2CCC(n3cc(C(=O)NC4CC4)nn3)CC2)n1. The highest BCUT2D eigenvalue weighted by Gasteiger charge is 2.27. The Kier molecular flexibility index (Phi) is 4.29. The van der Waals surface area contributed by atoms with Crippen LogP contribution in [0.25, 0.3) is 0 Å². The number of nitrogens with zero attached hydrogens (tertiary/aromatic N) is 6. The summed E-state index contributed by atoms with van der Waals surface area (Å²) in [4.78, 5) is 18.8. The van der Waals surface area contributed by atoms with Crippen LogP contribution < -0.4 is 10.2 Å². The zero-order valence-electron chi connectivity index (χ0n) is 14.7. The molecular weight excluding hydrogens is 330 g/mol. The number of hydrogen-bond donors (Lipinski definition) is 1. The summed E-state index contributed by atoms with van der Waals surface area (Å²) in [5, 5.41) is 20.4. The number of anilines is 1. The molecule has 4 rings (SSSR count). The lowest BCUT2D eigenvalue weighted by Gasteiger charge is -2.33. The van der Waals surface area contributed by atoms with Gasteiger partial charge in [-0.3, -0.25) is 4.79 Å². The molecule has 1 saturated carbocycles. The lowest BCUT2D eigenvalue weighted by Crippen LogP contribution is -2.36. The monoisotopic (exact) mass is 351 g/mol. The maximum absolute atomic E-state index is 12.1. The highest BCUT2D eigenvalue weighted by Crippen LogP contribution is 2.27. The zero-order chi connectivity index (χ0) is 18.1. The number of nitrogens with one attached hydrogen (secondary N) is 1. The molecule has 8 nitrogen and oxygen atoms in total. The van der Waals surface area contributed by atoms with Crippen LogP contribution in [0.2, 0.25) is 0 Å². The molecular formula is C18H21N7O. The molecule has 0 bridgehead atoms. The van der Waals surface area contributed by atoms with E-state index in [1.165, 1.54) is 0 Å². The Morgan fingerprint density at radius 1 is 1.27 bits per heavy atom. The number of carbonyl (C=O) groups excluding carboxylic acids is 1. The number of piperidine rings is 1. The molecule has 134 valence electrons. The number of aromatic nitrogens is 4. The molecule has 0 atom stereocenters. The Hall–Kier alpha value is -2.95. The minimum atomic E-state index is -0.140. The molecule has 8 heteroatoms. The highest BCUT2D eigenvalue weighted by atomic mass is 16.2. The minimum Gasteiger partial charge on any atom is -0.355 e. The van der Waals surface area contributed by atoms with Gasteiger partial charge in [0.1, 0.15) is 11.9 Å². The second-order valence-corrected chi connectivity index (χ2v) is 6.99. The van der Waals surface area contributed by atoms with Crippen LogP contribution in [0.3, 0.4) is 0 Å². The average Bonchev–Trinajstić information content (AvgIpc) is 3.33. The van der Waals surface area contributed by atoms with Gasteiger partial charge in [-0.15, -0.1) is 5.10 Å². The second-order valence-electron chi connectivity index (χ2n) is 6.99. The Bertz CT molecular complexity index is 857. The topological polar surface area (TPSA) is 99.7 Å². The van der Waals surface area contributed by atoms with E-state index in [0.717, 1.165) is 50.3 Å². The van der Waals surface area contributed by atoms with Crippen molar-refractivity contribution in [3.05, 3.63) is 35.3 Å². The van der Waals surface area contributed by atoms with Gasteiger partial charge in [0.15, 0.2) is 5.69 Å². The first kappa shape index (κ1) is 16.5. The van der Waals surface area contributed by atoms with Crippen molar-refractivity contribution >= 4 is 11.7 Å². The largest absolute Gasteiger partial charge is 0.355 e. The third-order valence-corrected chi connectivity index (χ3v) is 4.93. The standard InChI is InChI=1S/C18H21N7O/c1-12-2-3-13(10-19)17(20-12)24-8-6-15(7-9-24)25-11-16(22-23-25)18(26)21-14-4-5-14/h2-3,11,14-15H,4-9H2,1H3,(H,21,26). The van der Waals surface area contributed by atoms with E-state index < -0.39 is 0 Å². The van der Waals surface area contributed by atoms with Crippen molar-refractivity contribution in [1.29, 1.82) is 5.26 Å². The quantitative estimate of drug-likeness (QED) is 0.898. The zero-order valence-corrected chi connectivity index (χ0v) is 14.7. The number of rotatable bonds is 4. The van der Waals surface area contributed by atoms with E-state index in [1.807, 2.05) is 19.1 Å².